The van der Waals surface area contributed by atoms with Crippen LogP contribution in [-0.2, 0) is 0 Å². The van der Waals surface area contributed by atoms with Gasteiger partial charge in [0, 0.05) is 0 Å². The van der Waals surface area contributed by atoms with Crippen molar-refractivity contribution in [3.05, 3.63) is 23.2 Å². The Bertz CT molecular complexity index is 455. The molecule has 4 nitrogen and oxygen atoms in total. The minimum absolute atomic E-state index is 0.730. The molecule has 0 fully saturated rings. The van der Waals surface area contributed by atoms with E-state index in [0.29, 0.717) is 0 Å². The second kappa shape index (κ2) is 4.61. The van der Waals surface area contributed by atoms with Crippen LogP contribution in [0, 0.1) is 0 Å². The third-order valence-corrected chi connectivity index (χ3v) is 2.50. The van der Waals surface area contributed by atoms with Crippen molar-refractivity contribution < 1.29 is 4.74 Å². The molecule has 2 aromatic rings. The molecule has 0 aromatic carbocycles. The van der Waals surface area contributed by atoms with Crippen LogP contribution < -0.4 is 4.74 Å². The van der Waals surface area contributed by atoms with Gasteiger partial charge in [-0.3, -0.25) is 0 Å². The van der Waals surface area contributed by atoms with Gasteiger partial charge in [0.2, 0.25) is 0 Å². The molecule has 2 rings (SSSR count). The lowest BCUT2D eigenvalue weighted by Crippen LogP contribution is -1.96. The molecule has 0 radical (unpaired) electrons. The smallest absolute Gasteiger partial charge is 0.166 e. The standard InChI is InChI=1S/C10H12BrN3O/c1-2-3-4-15-9-6-13-14-7-10(11)12-5-8(9)14/h5-7H,2-4H2,1H3. The van der Waals surface area contributed by atoms with Gasteiger partial charge < -0.3 is 4.74 Å². The number of fused-ring (bicyclic) bond motifs is 1. The Kier molecular flexibility index (Phi) is 3.20. The maximum atomic E-state index is 5.60. The third-order valence-electron chi connectivity index (χ3n) is 2.09. The highest BCUT2D eigenvalue weighted by Gasteiger charge is 2.05. The Morgan fingerprint density at radius 1 is 1.47 bits per heavy atom. The van der Waals surface area contributed by atoms with Gasteiger partial charge in [0.15, 0.2) is 5.75 Å². The van der Waals surface area contributed by atoms with Gasteiger partial charge in [-0.15, -0.1) is 0 Å². The summed E-state index contributed by atoms with van der Waals surface area (Å²) in [5, 5.41) is 4.18. The number of hydrogen-bond donors (Lipinski definition) is 0. The van der Waals surface area contributed by atoms with Gasteiger partial charge >= 0.3 is 0 Å². The Labute approximate surface area is 96.4 Å². The highest BCUT2D eigenvalue weighted by Crippen LogP contribution is 2.19. The summed E-state index contributed by atoms with van der Waals surface area (Å²) < 4.78 is 8.11. The van der Waals surface area contributed by atoms with Crippen molar-refractivity contribution in [2.45, 2.75) is 19.8 Å². The number of rotatable bonds is 4. The maximum absolute atomic E-state index is 5.60. The van der Waals surface area contributed by atoms with Crippen LogP contribution >= 0.6 is 15.9 Å². The number of unbranched alkanes of at least 4 members (excludes halogenated alkanes) is 1. The average molecular weight is 270 g/mol. The topological polar surface area (TPSA) is 39.4 Å². The number of nitrogens with zero attached hydrogens (tertiary/aromatic N) is 3. The van der Waals surface area contributed by atoms with E-state index in [-0.39, 0.29) is 0 Å². The van der Waals surface area contributed by atoms with Crippen LogP contribution in [0.15, 0.2) is 23.2 Å². The summed E-state index contributed by atoms with van der Waals surface area (Å²) in [6.07, 6.45) is 7.46. The molecule has 0 saturated heterocycles. The molecule has 0 spiro atoms. The van der Waals surface area contributed by atoms with Gasteiger partial charge in [-0.05, 0) is 22.4 Å². The van der Waals surface area contributed by atoms with Gasteiger partial charge in [-0.1, -0.05) is 13.3 Å². The highest BCUT2D eigenvalue weighted by atomic mass is 79.9. The van der Waals surface area contributed by atoms with E-state index in [9.17, 15) is 0 Å². The van der Waals surface area contributed by atoms with Gasteiger partial charge in [-0.2, -0.15) is 5.10 Å². The van der Waals surface area contributed by atoms with E-state index in [1.54, 1.807) is 16.9 Å². The van der Waals surface area contributed by atoms with Crippen LogP contribution in [-0.4, -0.2) is 21.2 Å². The van der Waals surface area contributed by atoms with Crippen molar-refractivity contribution in [2.75, 3.05) is 6.61 Å². The van der Waals surface area contributed by atoms with Crippen LogP contribution in [0.4, 0.5) is 0 Å². The molecule has 0 aliphatic carbocycles. The monoisotopic (exact) mass is 269 g/mol. The van der Waals surface area contributed by atoms with E-state index in [1.807, 2.05) is 6.20 Å². The average Bonchev–Trinajstić information content (AvgIpc) is 2.61. The quantitative estimate of drug-likeness (QED) is 0.802. The predicted molar refractivity (Wildman–Crippen MR) is 61.1 cm³/mol. The Balaban J connectivity index is 2.21. The zero-order chi connectivity index (χ0) is 10.7. The molecule has 0 unspecified atom stereocenters. The second-order valence-electron chi connectivity index (χ2n) is 3.25. The first kappa shape index (κ1) is 10.4. The van der Waals surface area contributed by atoms with Crippen molar-refractivity contribution >= 4 is 21.4 Å². The zero-order valence-electron chi connectivity index (χ0n) is 8.48. The van der Waals surface area contributed by atoms with Crippen molar-refractivity contribution in [1.29, 1.82) is 0 Å². The van der Waals surface area contributed by atoms with Gasteiger partial charge in [0.05, 0.1) is 25.2 Å². The first-order chi connectivity index (χ1) is 7.31. The van der Waals surface area contributed by atoms with Crippen LogP contribution in [0.1, 0.15) is 19.8 Å². The minimum Gasteiger partial charge on any atom is -0.490 e. The molecule has 0 aliphatic heterocycles. The lowest BCUT2D eigenvalue weighted by atomic mass is 10.4. The molecule has 0 aliphatic rings. The molecule has 15 heavy (non-hydrogen) atoms. The largest absolute Gasteiger partial charge is 0.490 e. The lowest BCUT2D eigenvalue weighted by Gasteiger charge is -2.02. The van der Waals surface area contributed by atoms with Crippen molar-refractivity contribution in [3.8, 4) is 5.75 Å². The fraction of sp³-hybridized carbons (Fsp3) is 0.400. The minimum atomic E-state index is 0.730. The number of aromatic nitrogens is 3. The highest BCUT2D eigenvalue weighted by molar-refractivity contribution is 9.10. The van der Waals surface area contributed by atoms with Crippen molar-refractivity contribution in [1.82, 2.24) is 14.6 Å². The van der Waals surface area contributed by atoms with E-state index in [2.05, 4.69) is 32.9 Å². The fourth-order valence-corrected chi connectivity index (χ4v) is 1.57. The van der Waals surface area contributed by atoms with Gasteiger partial charge in [-0.25, -0.2) is 9.50 Å². The molecule has 0 bridgehead atoms. The van der Waals surface area contributed by atoms with Crippen LogP contribution in [0.5, 0.6) is 5.75 Å². The Morgan fingerprint density at radius 3 is 3.13 bits per heavy atom. The molecule has 0 atom stereocenters. The second-order valence-corrected chi connectivity index (χ2v) is 4.06. The van der Waals surface area contributed by atoms with E-state index in [0.717, 1.165) is 35.3 Å². The molecule has 2 heterocycles. The third kappa shape index (κ3) is 2.28. The maximum Gasteiger partial charge on any atom is 0.166 e. The van der Waals surface area contributed by atoms with E-state index >= 15 is 0 Å². The molecule has 2 aromatic heterocycles. The van der Waals surface area contributed by atoms with E-state index in [1.165, 1.54) is 0 Å². The molecule has 5 heteroatoms. The van der Waals surface area contributed by atoms with Crippen LogP contribution in [0.25, 0.3) is 5.52 Å². The van der Waals surface area contributed by atoms with E-state index < -0.39 is 0 Å². The molecular weight excluding hydrogens is 258 g/mol. The first-order valence-corrected chi connectivity index (χ1v) is 5.72. The normalized spacial score (nSPS) is 10.8. The summed E-state index contributed by atoms with van der Waals surface area (Å²) in [6, 6.07) is 0. The lowest BCUT2D eigenvalue weighted by molar-refractivity contribution is 0.312. The summed E-state index contributed by atoms with van der Waals surface area (Å²) in [6.45, 7) is 2.87. The Morgan fingerprint density at radius 2 is 2.33 bits per heavy atom. The molecule has 0 amide bonds. The number of hydrogen-bond acceptors (Lipinski definition) is 3. The summed E-state index contributed by atoms with van der Waals surface area (Å²) in [5.41, 5.74) is 0.898. The van der Waals surface area contributed by atoms with Crippen LogP contribution in [0.3, 0.4) is 0 Å². The Hall–Kier alpha value is -1.10. The summed E-state index contributed by atoms with van der Waals surface area (Å²) in [4.78, 5) is 4.14. The summed E-state index contributed by atoms with van der Waals surface area (Å²) >= 11 is 3.29. The van der Waals surface area contributed by atoms with Gasteiger partial charge in [0.25, 0.3) is 0 Å². The zero-order valence-corrected chi connectivity index (χ0v) is 10.1. The molecule has 0 N–H and O–H groups in total. The summed E-state index contributed by atoms with van der Waals surface area (Å²) in [7, 11) is 0. The molecule has 80 valence electrons. The number of halogens is 1. The fourth-order valence-electron chi connectivity index (χ4n) is 1.28. The molecule has 0 saturated carbocycles. The molecular formula is C10H12BrN3O. The predicted octanol–water partition coefficient (Wildman–Crippen LogP) is 2.67. The SMILES string of the molecule is CCCCOc1cnn2cc(Br)ncc12. The van der Waals surface area contributed by atoms with Crippen molar-refractivity contribution in [2.24, 2.45) is 0 Å². The van der Waals surface area contributed by atoms with Gasteiger partial charge in [0.1, 0.15) is 10.1 Å². The van der Waals surface area contributed by atoms with Crippen molar-refractivity contribution in [3.63, 3.8) is 0 Å². The van der Waals surface area contributed by atoms with E-state index in [4.69, 9.17) is 4.74 Å². The first-order valence-electron chi connectivity index (χ1n) is 4.93. The summed E-state index contributed by atoms with van der Waals surface area (Å²) in [5.74, 6) is 0.795. The van der Waals surface area contributed by atoms with Crippen LogP contribution in [0.2, 0.25) is 0 Å². The number of ether oxygens (including phenoxy) is 1.